The minimum Gasteiger partial charge on any atom is -0.337 e. The van der Waals surface area contributed by atoms with Crippen molar-refractivity contribution in [3.63, 3.8) is 0 Å². The van der Waals surface area contributed by atoms with Crippen LogP contribution in [-0.2, 0) is 0 Å². The lowest BCUT2D eigenvalue weighted by molar-refractivity contribution is 0.0787. The van der Waals surface area contributed by atoms with Gasteiger partial charge in [-0.2, -0.15) is 0 Å². The molecule has 5 nitrogen and oxygen atoms in total. The third kappa shape index (κ3) is 3.36. The molecule has 0 unspecified atom stereocenters. The minimum absolute atomic E-state index is 0.0988. The molecule has 0 radical (unpaired) electrons. The number of para-hydroxylation sites is 1. The maximum Gasteiger partial charge on any atom is 0.272 e. The van der Waals surface area contributed by atoms with Crippen molar-refractivity contribution in [3.8, 4) is 0 Å². The molecule has 2 aromatic rings. The fraction of sp³-hybridized carbons (Fsp3) is 0.235. The van der Waals surface area contributed by atoms with Gasteiger partial charge in [0.1, 0.15) is 11.5 Å². The van der Waals surface area contributed by atoms with E-state index < -0.39 is 11.7 Å². The Morgan fingerprint density at radius 2 is 1.87 bits per heavy atom. The van der Waals surface area contributed by atoms with E-state index in [1.165, 1.54) is 30.5 Å². The molecule has 23 heavy (non-hydrogen) atoms. The Morgan fingerprint density at radius 3 is 2.61 bits per heavy atom. The first-order valence-electron chi connectivity index (χ1n) is 7.46. The van der Waals surface area contributed by atoms with Gasteiger partial charge in [-0.05, 0) is 37.1 Å². The Morgan fingerprint density at radius 1 is 1.13 bits per heavy atom. The number of rotatable bonds is 3. The van der Waals surface area contributed by atoms with Crippen LogP contribution in [0.25, 0.3) is 0 Å². The summed E-state index contributed by atoms with van der Waals surface area (Å²) in [6.07, 6.45) is 3.39. The molecule has 6 heteroatoms. The highest BCUT2D eigenvalue weighted by Crippen LogP contribution is 2.15. The second kappa shape index (κ2) is 6.56. The van der Waals surface area contributed by atoms with Gasteiger partial charge < -0.3 is 10.2 Å². The maximum absolute atomic E-state index is 13.6. The molecule has 0 saturated carbocycles. The molecule has 1 aromatic heterocycles. The van der Waals surface area contributed by atoms with Gasteiger partial charge >= 0.3 is 0 Å². The quantitative estimate of drug-likeness (QED) is 0.947. The molecular weight excluding hydrogens is 297 g/mol. The number of amides is 2. The van der Waals surface area contributed by atoms with Crippen molar-refractivity contribution < 1.29 is 14.0 Å². The Kier molecular flexibility index (Phi) is 4.32. The van der Waals surface area contributed by atoms with Crippen molar-refractivity contribution in [2.45, 2.75) is 12.8 Å². The molecule has 2 amide bonds. The van der Waals surface area contributed by atoms with E-state index in [1.807, 2.05) is 0 Å². The normalized spacial score (nSPS) is 13.9. The Balaban J connectivity index is 1.77. The summed E-state index contributed by atoms with van der Waals surface area (Å²) in [7, 11) is 0. The summed E-state index contributed by atoms with van der Waals surface area (Å²) < 4.78 is 13.6. The topological polar surface area (TPSA) is 62.3 Å². The summed E-state index contributed by atoms with van der Waals surface area (Å²) in [4.78, 5) is 30.3. The Bertz CT molecular complexity index is 742. The van der Waals surface area contributed by atoms with Gasteiger partial charge in [-0.3, -0.25) is 14.6 Å². The zero-order chi connectivity index (χ0) is 16.2. The molecule has 3 rings (SSSR count). The zero-order valence-corrected chi connectivity index (χ0v) is 12.5. The number of pyridine rings is 1. The molecular formula is C17H16FN3O2. The van der Waals surface area contributed by atoms with Crippen molar-refractivity contribution in [1.82, 2.24) is 9.88 Å². The fourth-order valence-electron chi connectivity index (χ4n) is 2.53. The van der Waals surface area contributed by atoms with Gasteiger partial charge in [0.05, 0.1) is 5.69 Å². The number of carbonyl (C=O) groups is 2. The molecule has 0 aliphatic carbocycles. The molecule has 118 valence electrons. The molecule has 1 N–H and O–H groups in total. The van der Waals surface area contributed by atoms with Crippen LogP contribution >= 0.6 is 0 Å². The molecule has 2 heterocycles. The third-order valence-corrected chi connectivity index (χ3v) is 3.76. The van der Waals surface area contributed by atoms with Crippen LogP contribution in [0.3, 0.4) is 0 Å². The number of hydrogen-bond acceptors (Lipinski definition) is 3. The number of aromatic nitrogens is 1. The van der Waals surface area contributed by atoms with E-state index in [0.29, 0.717) is 13.1 Å². The smallest absolute Gasteiger partial charge is 0.272 e. The molecule has 1 aliphatic rings. The van der Waals surface area contributed by atoms with E-state index in [1.54, 1.807) is 17.0 Å². The van der Waals surface area contributed by atoms with Crippen molar-refractivity contribution in [2.75, 3.05) is 18.4 Å². The monoisotopic (exact) mass is 313 g/mol. The van der Waals surface area contributed by atoms with Crippen LogP contribution in [0.15, 0.2) is 42.6 Å². The number of carbonyl (C=O) groups excluding carboxylic acids is 2. The average molecular weight is 313 g/mol. The average Bonchev–Trinajstić information content (AvgIpc) is 3.11. The van der Waals surface area contributed by atoms with E-state index >= 15 is 0 Å². The largest absolute Gasteiger partial charge is 0.337 e. The predicted octanol–water partition coefficient (Wildman–Crippen LogP) is 2.71. The summed E-state index contributed by atoms with van der Waals surface area (Å²) in [5, 5.41) is 2.50. The van der Waals surface area contributed by atoms with Gasteiger partial charge in [0.15, 0.2) is 0 Å². The first-order chi connectivity index (χ1) is 11.1. The van der Waals surface area contributed by atoms with E-state index in [9.17, 15) is 14.0 Å². The summed E-state index contributed by atoms with van der Waals surface area (Å²) in [5.41, 5.74) is 0.598. The highest BCUT2D eigenvalue weighted by Gasteiger charge is 2.21. The van der Waals surface area contributed by atoms with Gasteiger partial charge in [0.2, 0.25) is 0 Å². The second-order valence-corrected chi connectivity index (χ2v) is 5.36. The molecule has 0 atom stereocenters. The van der Waals surface area contributed by atoms with Crippen LogP contribution in [0.2, 0.25) is 0 Å². The summed E-state index contributed by atoms with van der Waals surface area (Å²) in [6.45, 7) is 1.43. The fourth-order valence-corrected chi connectivity index (χ4v) is 2.53. The summed E-state index contributed by atoms with van der Waals surface area (Å²) in [5.74, 6) is -1.17. The molecule has 1 aliphatic heterocycles. The second-order valence-electron chi connectivity index (χ2n) is 5.36. The van der Waals surface area contributed by atoms with Gasteiger partial charge in [-0.1, -0.05) is 12.1 Å². The predicted molar refractivity (Wildman–Crippen MR) is 83.7 cm³/mol. The van der Waals surface area contributed by atoms with Crippen molar-refractivity contribution >= 4 is 17.5 Å². The first-order valence-corrected chi connectivity index (χ1v) is 7.46. The van der Waals surface area contributed by atoms with E-state index in [4.69, 9.17) is 0 Å². The van der Waals surface area contributed by atoms with Crippen molar-refractivity contribution in [1.29, 1.82) is 0 Å². The van der Waals surface area contributed by atoms with Crippen LogP contribution in [0.4, 0.5) is 10.1 Å². The molecule has 0 spiro atoms. The zero-order valence-electron chi connectivity index (χ0n) is 12.5. The van der Waals surface area contributed by atoms with E-state index in [0.717, 1.165) is 12.8 Å². The lowest BCUT2D eigenvalue weighted by Gasteiger charge is -2.14. The summed E-state index contributed by atoms with van der Waals surface area (Å²) >= 11 is 0. The van der Waals surface area contributed by atoms with Crippen LogP contribution in [-0.4, -0.2) is 34.8 Å². The van der Waals surface area contributed by atoms with Crippen molar-refractivity contribution in [2.24, 2.45) is 0 Å². The number of likely N-dealkylation sites (tertiary alicyclic amines) is 1. The lowest BCUT2D eigenvalue weighted by atomic mass is 10.2. The van der Waals surface area contributed by atoms with E-state index in [-0.39, 0.29) is 22.9 Å². The highest BCUT2D eigenvalue weighted by molar-refractivity contribution is 6.05. The number of halogens is 1. The number of nitrogens with zero attached hydrogens (tertiary/aromatic N) is 2. The third-order valence-electron chi connectivity index (χ3n) is 3.76. The van der Waals surface area contributed by atoms with Gasteiger partial charge in [0.25, 0.3) is 11.8 Å². The number of benzene rings is 1. The molecule has 1 aromatic carbocycles. The lowest BCUT2D eigenvalue weighted by Crippen LogP contribution is -2.28. The van der Waals surface area contributed by atoms with Crippen LogP contribution in [0, 0.1) is 5.82 Å². The molecule has 1 fully saturated rings. The minimum atomic E-state index is -0.511. The van der Waals surface area contributed by atoms with Gasteiger partial charge in [-0.15, -0.1) is 0 Å². The Labute approximate surface area is 133 Å². The molecule has 0 bridgehead atoms. The molecule has 1 saturated heterocycles. The van der Waals surface area contributed by atoms with Gasteiger partial charge in [-0.25, -0.2) is 4.39 Å². The standard InChI is InChI=1S/C17H16FN3O2/c18-13-5-1-2-6-14(13)20-16(22)12-7-8-19-15(11-12)17(23)21-9-3-4-10-21/h1-2,5-8,11H,3-4,9-10H2,(H,20,22). The van der Waals surface area contributed by atoms with E-state index in [2.05, 4.69) is 10.3 Å². The van der Waals surface area contributed by atoms with Crippen LogP contribution in [0.5, 0.6) is 0 Å². The number of nitrogens with one attached hydrogen (secondary N) is 1. The first kappa shape index (κ1) is 15.1. The van der Waals surface area contributed by atoms with Crippen molar-refractivity contribution in [3.05, 3.63) is 59.7 Å². The Hall–Kier alpha value is -2.76. The summed E-state index contributed by atoms with van der Waals surface area (Å²) in [6, 6.07) is 8.86. The maximum atomic E-state index is 13.6. The van der Waals surface area contributed by atoms with Crippen LogP contribution in [0.1, 0.15) is 33.7 Å². The highest BCUT2D eigenvalue weighted by atomic mass is 19.1. The number of anilines is 1. The number of hydrogen-bond donors (Lipinski definition) is 1. The van der Waals surface area contributed by atoms with Gasteiger partial charge in [0, 0.05) is 24.8 Å². The SMILES string of the molecule is O=C(Nc1ccccc1F)c1ccnc(C(=O)N2CCCC2)c1. The van der Waals surface area contributed by atoms with Crippen LogP contribution < -0.4 is 5.32 Å².